The third kappa shape index (κ3) is 5.55. The molecule has 170 valence electrons. The van der Waals surface area contributed by atoms with Gasteiger partial charge < -0.3 is 9.64 Å². The Kier molecular flexibility index (Phi) is 8.42. The molecule has 1 saturated carbocycles. The standard InChI is InChI=1S/C11H13NO2.C9H7NO2.C6H12/c1-14-11-4-2-3-9-7-12(8-13)6-5-10(9)11;1-10-8(11)6-4-2-3-5-7(6)9(10)12;1-2-4-6-5-3-1/h2-4,8H,5-7H2,1H3;2-5H,1H3;1-6H2. The smallest absolute Gasteiger partial charge is 0.261 e. The van der Waals surface area contributed by atoms with Crippen LogP contribution in [-0.2, 0) is 17.8 Å². The molecule has 1 fully saturated rings. The first kappa shape index (κ1) is 23.5. The van der Waals surface area contributed by atoms with Crippen molar-refractivity contribution in [1.29, 1.82) is 0 Å². The number of benzene rings is 2. The highest BCUT2D eigenvalue weighted by atomic mass is 16.5. The Morgan fingerprint density at radius 2 is 1.41 bits per heavy atom. The summed E-state index contributed by atoms with van der Waals surface area (Å²) in [5.41, 5.74) is 3.45. The summed E-state index contributed by atoms with van der Waals surface area (Å²) in [6.07, 6.45) is 10.8. The van der Waals surface area contributed by atoms with Crippen molar-refractivity contribution in [2.45, 2.75) is 51.5 Å². The summed E-state index contributed by atoms with van der Waals surface area (Å²) in [6.45, 7) is 1.49. The zero-order valence-corrected chi connectivity index (χ0v) is 19.0. The molecule has 0 unspecified atom stereocenters. The van der Waals surface area contributed by atoms with Crippen molar-refractivity contribution in [2.24, 2.45) is 0 Å². The molecule has 32 heavy (non-hydrogen) atoms. The number of amides is 3. The second-order valence-electron chi connectivity index (χ2n) is 8.26. The average Bonchev–Trinajstić information content (AvgIpc) is 3.09. The zero-order chi connectivity index (χ0) is 22.9. The Labute approximate surface area is 190 Å². The summed E-state index contributed by atoms with van der Waals surface area (Å²) >= 11 is 0. The van der Waals surface area contributed by atoms with Crippen molar-refractivity contribution >= 4 is 18.2 Å². The lowest BCUT2D eigenvalue weighted by Crippen LogP contribution is -2.29. The number of hydrogen-bond acceptors (Lipinski definition) is 4. The topological polar surface area (TPSA) is 66.9 Å². The van der Waals surface area contributed by atoms with Gasteiger partial charge >= 0.3 is 0 Å². The normalized spacial score (nSPS) is 16.7. The molecule has 2 aliphatic heterocycles. The third-order valence-corrected chi connectivity index (χ3v) is 6.12. The maximum atomic E-state index is 11.3. The summed E-state index contributed by atoms with van der Waals surface area (Å²) < 4.78 is 5.27. The highest BCUT2D eigenvalue weighted by molar-refractivity contribution is 6.21. The van der Waals surface area contributed by atoms with Crippen molar-refractivity contribution in [3.8, 4) is 5.75 Å². The molecule has 2 aromatic rings. The SMILES string of the molecule is C1CCCCC1.CN1C(=O)c2ccccc2C1=O.COc1cccc2c1CCN(C=O)C2. The molecule has 0 radical (unpaired) electrons. The number of ether oxygens (including phenoxy) is 1. The molecule has 2 aromatic carbocycles. The lowest BCUT2D eigenvalue weighted by molar-refractivity contribution is -0.118. The summed E-state index contributed by atoms with van der Waals surface area (Å²) in [7, 11) is 3.17. The fourth-order valence-electron chi connectivity index (χ4n) is 4.25. The molecule has 0 bridgehead atoms. The van der Waals surface area contributed by atoms with Crippen molar-refractivity contribution in [3.63, 3.8) is 0 Å². The first-order valence-electron chi connectivity index (χ1n) is 11.3. The number of imide groups is 1. The average molecular weight is 437 g/mol. The van der Waals surface area contributed by atoms with E-state index in [2.05, 4.69) is 0 Å². The highest BCUT2D eigenvalue weighted by Gasteiger charge is 2.31. The van der Waals surface area contributed by atoms with Crippen LogP contribution in [0.2, 0.25) is 0 Å². The maximum absolute atomic E-state index is 11.3. The second-order valence-corrected chi connectivity index (χ2v) is 8.26. The lowest BCUT2D eigenvalue weighted by atomic mass is 9.99. The fraction of sp³-hybridized carbons (Fsp3) is 0.423. The van der Waals surface area contributed by atoms with Crippen molar-refractivity contribution in [3.05, 3.63) is 64.7 Å². The van der Waals surface area contributed by atoms with Gasteiger partial charge in [0.1, 0.15) is 5.75 Å². The Bertz CT molecular complexity index is 906. The molecule has 2 heterocycles. The molecule has 6 heteroatoms. The van der Waals surface area contributed by atoms with Gasteiger partial charge in [-0.25, -0.2) is 0 Å². The van der Waals surface area contributed by atoms with Crippen LogP contribution < -0.4 is 4.74 Å². The van der Waals surface area contributed by atoms with Gasteiger partial charge in [-0.05, 0) is 30.2 Å². The molecule has 0 N–H and O–H groups in total. The van der Waals surface area contributed by atoms with Gasteiger partial charge in [0.25, 0.3) is 11.8 Å². The Hall–Kier alpha value is -3.15. The summed E-state index contributed by atoms with van der Waals surface area (Å²) in [4.78, 5) is 36.2. The molecular formula is C26H32N2O4. The van der Waals surface area contributed by atoms with Gasteiger partial charge in [-0.15, -0.1) is 0 Å². The van der Waals surface area contributed by atoms with Crippen LogP contribution in [0.25, 0.3) is 0 Å². The molecule has 0 saturated heterocycles. The van der Waals surface area contributed by atoms with Crippen LogP contribution >= 0.6 is 0 Å². The summed E-state index contributed by atoms with van der Waals surface area (Å²) in [5.74, 6) is 0.513. The first-order chi connectivity index (χ1) is 15.6. The van der Waals surface area contributed by atoms with Gasteiger partial charge in [0.2, 0.25) is 6.41 Å². The largest absolute Gasteiger partial charge is 0.496 e. The van der Waals surface area contributed by atoms with E-state index in [9.17, 15) is 14.4 Å². The van der Waals surface area contributed by atoms with Crippen LogP contribution in [0.15, 0.2) is 42.5 Å². The number of carbonyl (C=O) groups excluding carboxylic acids is 3. The third-order valence-electron chi connectivity index (χ3n) is 6.12. The fourth-order valence-corrected chi connectivity index (χ4v) is 4.25. The minimum absolute atomic E-state index is 0.212. The van der Waals surface area contributed by atoms with E-state index in [0.717, 1.165) is 30.0 Å². The minimum Gasteiger partial charge on any atom is -0.496 e. The van der Waals surface area contributed by atoms with Crippen molar-refractivity contribution < 1.29 is 19.1 Å². The van der Waals surface area contributed by atoms with E-state index >= 15 is 0 Å². The van der Waals surface area contributed by atoms with Crippen molar-refractivity contribution in [1.82, 2.24) is 9.80 Å². The van der Waals surface area contributed by atoms with Crippen molar-refractivity contribution in [2.75, 3.05) is 20.7 Å². The second kappa shape index (κ2) is 11.5. The molecule has 3 amide bonds. The first-order valence-corrected chi connectivity index (χ1v) is 11.3. The number of carbonyl (C=O) groups is 3. The van der Waals surface area contributed by atoms with Gasteiger partial charge in [-0.1, -0.05) is 62.8 Å². The van der Waals surface area contributed by atoms with E-state index in [1.807, 2.05) is 18.2 Å². The Balaban J connectivity index is 0.000000146. The Morgan fingerprint density at radius 3 is 1.91 bits per heavy atom. The van der Waals surface area contributed by atoms with Crippen LogP contribution in [-0.4, -0.2) is 48.7 Å². The molecule has 0 aromatic heterocycles. The van der Waals surface area contributed by atoms with E-state index in [0.29, 0.717) is 17.7 Å². The number of methoxy groups -OCH3 is 1. The maximum Gasteiger partial charge on any atom is 0.261 e. The monoisotopic (exact) mass is 436 g/mol. The predicted octanol–water partition coefficient (Wildman–Crippen LogP) is 4.46. The molecule has 5 rings (SSSR count). The van der Waals surface area contributed by atoms with Crippen LogP contribution in [0, 0.1) is 0 Å². The van der Waals surface area contributed by atoms with Crippen LogP contribution in [0.1, 0.15) is 70.4 Å². The molecule has 1 aliphatic carbocycles. The van der Waals surface area contributed by atoms with E-state index in [1.165, 1.54) is 56.7 Å². The number of nitrogens with zero attached hydrogens (tertiary/aromatic N) is 2. The number of hydrogen-bond donors (Lipinski definition) is 0. The lowest BCUT2D eigenvalue weighted by Gasteiger charge is -2.26. The van der Waals surface area contributed by atoms with E-state index < -0.39 is 0 Å². The molecular weight excluding hydrogens is 404 g/mol. The quantitative estimate of drug-likeness (QED) is 0.515. The van der Waals surface area contributed by atoms with Gasteiger partial charge in [-0.2, -0.15) is 0 Å². The van der Waals surface area contributed by atoms with E-state index in [4.69, 9.17) is 4.74 Å². The molecule has 6 nitrogen and oxygen atoms in total. The predicted molar refractivity (Wildman–Crippen MR) is 124 cm³/mol. The van der Waals surface area contributed by atoms with Gasteiger partial charge in [0.05, 0.1) is 18.2 Å². The molecule has 0 atom stereocenters. The van der Waals surface area contributed by atoms with E-state index in [1.54, 1.807) is 36.3 Å². The molecule has 0 spiro atoms. The number of fused-ring (bicyclic) bond motifs is 2. The van der Waals surface area contributed by atoms with Crippen LogP contribution in [0.4, 0.5) is 0 Å². The minimum atomic E-state index is -0.212. The summed E-state index contributed by atoms with van der Waals surface area (Å²) in [5, 5.41) is 0. The number of rotatable bonds is 2. The van der Waals surface area contributed by atoms with Crippen LogP contribution in [0.3, 0.4) is 0 Å². The Morgan fingerprint density at radius 1 is 0.844 bits per heavy atom. The van der Waals surface area contributed by atoms with Crippen LogP contribution in [0.5, 0.6) is 5.75 Å². The molecule has 3 aliphatic rings. The zero-order valence-electron chi connectivity index (χ0n) is 19.0. The summed E-state index contributed by atoms with van der Waals surface area (Å²) in [6, 6.07) is 12.8. The van der Waals surface area contributed by atoms with E-state index in [-0.39, 0.29) is 11.8 Å². The van der Waals surface area contributed by atoms with Gasteiger partial charge in [0.15, 0.2) is 0 Å². The highest BCUT2D eigenvalue weighted by Crippen LogP contribution is 2.27. The van der Waals surface area contributed by atoms with Gasteiger partial charge in [-0.3, -0.25) is 19.3 Å². The van der Waals surface area contributed by atoms with Gasteiger partial charge in [0, 0.05) is 25.7 Å².